The van der Waals surface area contributed by atoms with Crippen molar-refractivity contribution in [3.63, 3.8) is 0 Å². The van der Waals surface area contributed by atoms with Crippen molar-refractivity contribution in [3.05, 3.63) is 18.5 Å². The van der Waals surface area contributed by atoms with Gasteiger partial charge in [0.05, 0.1) is 18.0 Å². The first-order valence-electron chi connectivity index (χ1n) is 4.63. The lowest BCUT2D eigenvalue weighted by atomic mass is 10.3. The maximum absolute atomic E-state index is 11.3. The van der Waals surface area contributed by atoms with E-state index in [1.165, 1.54) is 0 Å². The van der Waals surface area contributed by atoms with Crippen molar-refractivity contribution in [2.45, 2.75) is 25.9 Å². The molecule has 0 bridgehead atoms. The Hall–Kier alpha value is -1.43. The molecule has 1 atom stereocenters. The number of hydrogen-bond acceptors (Lipinski definition) is 3. The summed E-state index contributed by atoms with van der Waals surface area (Å²) in [7, 11) is 0. The molecule has 0 aliphatic rings. The fourth-order valence-electron chi connectivity index (χ4n) is 1.22. The Kier molecular flexibility index (Phi) is 4.23. The largest absolute Gasteiger partial charge is 0.393 e. The summed E-state index contributed by atoms with van der Waals surface area (Å²) in [5, 5.41) is 6.82. The third-order valence-corrected chi connectivity index (χ3v) is 1.91. The van der Waals surface area contributed by atoms with E-state index < -0.39 is 0 Å². The Morgan fingerprint density at radius 1 is 1.73 bits per heavy atom. The number of rotatable bonds is 5. The van der Waals surface area contributed by atoms with E-state index in [1.807, 2.05) is 19.2 Å². The van der Waals surface area contributed by atoms with Crippen LogP contribution in [0.25, 0.3) is 0 Å². The number of nitrogens with one attached hydrogen (secondary N) is 1. The lowest BCUT2D eigenvalue weighted by Gasteiger charge is -2.13. The molecule has 3 N–H and O–H groups in total. The van der Waals surface area contributed by atoms with Crippen LogP contribution in [0.4, 0.5) is 0 Å². The van der Waals surface area contributed by atoms with Crippen LogP contribution in [0.1, 0.15) is 13.3 Å². The lowest BCUT2D eigenvalue weighted by molar-refractivity contribution is -0.120. The normalized spacial score (nSPS) is 12.1. The molecule has 0 radical (unpaired) electrons. The van der Waals surface area contributed by atoms with Crippen LogP contribution in [-0.4, -0.2) is 26.7 Å². The van der Waals surface area contributed by atoms with E-state index in [-0.39, 0.29) is 23.4 Å². The van der Waals surface area contributed by atoms with E-state index >= 15 is 0 Å². The Bertz CT molecular complexity index is 336. The van der Waals surface area contributed by atoms with E-state index in [0.29, 0.717) is 6.54 Å². The number of aromatic nitrogens is 2. The number of thiocarbonyl (C=S) groups is 1. The van der Waals surface area contributed by atoms with Gasteiger partial charge in [0, 0.05) is 18.4 Å². The highest BCUT2D eigenvalue weighted by molar-refractivity contribution is 7.80. The molecule has 0 spiro atoms. The molecule has 1 aromatic heterocycles. The van der Waals surface area contributed by atoms with Crippen LogP contribution < -0.4 is 11.1 Å². The number of carbonyl (C=O) groups is 1. The van der Waals surface area contributed by atoms with Crippen molar-refractivity contribution in [3.8, 4) is 0 Å². The monoisotopic (exact) mass is 226 g/mol. The fraction of sp³-hybridized carbons (Fsp3) is 0.444. The molecular formula is C9H14N4OS. The van der Waals surface area contributed by atoms with Gasteiger partial charge in [0.25, 0.3) is 0 Å². The molecule has 5 nitrogen and oxygen atoms in total. The van der Waals surface area contributed by atoms with E-state index in [0.717, 1.165) is 0 Å². The van der Waals surface area contributed by atoms with E-state index in [1.54, 1.807) is 10.9 Å². The van der Waals surface area contributed by atoms with Gasteiger partial charge in [-0.15, -0.1) is 0 Å². The van der Waals surface area contributed by atoms with Crippen LogP contribution in [0, 0.1) is 0 Å². The van der Waals surface area contributed by atoms with Crippen LogP contribution in [0.15, 0.2) is 18.5 Å². The minimum absolute atomic E-state index is 0.00625. The SMILES string of the molecule is CC(Cn1cccn1)NC(=O)CC(N)=S. The van der Waals surface area contributed by atoms with Gasteiger partial charge in [-0.05, 0) is 13.0 Å². The highest BCUT2D eigenvalue weighted by Crippen LogP contribution is 1.91. The molecule has 1 amide bonds. The fourth-order valence-corrected chi connectivity index (χ4v) is 1.35. The van der Waals surface area contributed by atoms with E-state index in [9.17, 15) is 4.79 Å². The standard InChI is InChI=1S/C9H14N4OS/c1-7(6-13-4-2-3-11-13)12-9(14)5-8(10)15/h2-4,7H,5-6H2,1H3,(H2,10,15)(H,12,14). The third kappa shape index (κ3) is 4.55. The number of amides is 1. The molecule has 0 saturated carbocycles. The first-order chi connectivity index (χ1) is 7.08. The first-order valence-corrected chi connectivity index (χ1v) is 5.04. The van der Waals surface area contributed by atoms with Gasteiger partial charge in [-0.25, -0.2) is 0 Å². The molecule has 82 valence electrons. The van der Waals surface area contributed by atoms with Gasteiger partial charge in [-0.1, -0.05) is 12.2 Å². The van der Waals surface area contributed by atoms with Crippen LogP contribution >= 0.6 is 12.2 Å². The third-order valence-electron chi connectivity index (χ3n) is 1.76. The van der Waals surface area contributed by atoms with Crippen molar-refractivity contribution >= 4 is 23.1 Å². The van der Waals surface area contributed by atoms with E-state index in [4.69, 9.17) is 5.73 Å². The first kappa shape index (κ1) is 11.6. The topological polar surface area (TPSA) is 72.9 Å². The zero-order valence-electron chi connectivity index (χ0n) is 8.51. The number of hydrogen-bond donors (Lipinski definition) is 2. The van der Waals surface area contributed by atoms with Gasteiger partial charge in [0.15, 0.2) is 0 Å². The van der Waals surface area contributed by atoms with Crippen LogP contribution in [0.3, 0.4) is 0 Å². The number of nitrogens with zero attached hydrogens (tertiary/aromatic N) is 2. The van der Waals surface area contributed by atoms with Crippen molar-refractivity contribution in [1.29, 1.82) is 0 Å². The second-order valence-corrected chi connectivity index (χ2v) is 3.86. The predicted octanol–water partition coefficient (Wildman–Crippen LogP) is 0.0640. The van der Waals surface area contributed by atoms with Crippen molar-refractivity contribution in [2.24, 2.45) is 5.73 Å². The molecule has 1 heterocycles. The molecule has 15 heavy (non-hydrogen) atoms. The minimum atomic E-state index is -0.151. The molecule has 1 rings (SSSR count). The Labute approximate surface area is 93.6 Å². The van der Waals surface area contributed by atoms with Gasteiger partial charge in [-0.2, -0.15) is 5.10 Å². The number of carbonyl (C=O) groups excluding carboxylic acids is 1. The van der Waals surface area contributed by atoms with Crippen molar-refractivity contribution < 1.29 is 4.79 Å². The summed E-state index contributed by atoms with van der Waals surface area (Å²) in [6, 6.07) is 1.84. The molecule has 1 unspecified atom stereocenters. The molecule has 0 aliphatic carbocycles. The van der Waals surface area contributed by atoms with Crippen LogP contribution in [-0.2, 0) is 11.3 Å². The Balaban J connectivity index is 2.32. The average Bonchev–Trinajstić information content (AvgIpc) is 2.53. The zero-order chi connectivity index (χ0) is 11.3. The average molecular weight is 226 g/mol. The maximum Gasteiger partial charge on any atom is 0.227 e. The van der Waals surface area contributed by atoms with Gasteiger partial charge in [0.2, 0.25) is 5.91 Å². The number of nitrogens with two attached hydrogens (primary N) is 1. The summed E-state index contributed by atoms with van der Waals surface area (Å²) >= 11 is 4.64. The molecule has 0 aliphatic heterocycles. The second-order valence-electron chi connectivity index (χ2n) is 3.34. The molecule has 1 aromatic rings. The summed E-state index contributed by atoms with van der Waals surface area (Å²) in [6.07, 6.45) is 3.64. The van der Waals surface area contributed by atoms with E-state index in [2.05, 4.69) is 22.6 Å². The summed E-state index contributed by atoms with van der Waals surface area (Å²) in [4.78, 5) is 11.5. The minimum Gasteiger partial charge on any atom is -0.393 e. The maximum atomic E-state index is 11.3. The Morgan fingerprint density at radius 3 is 3.00 bits per heavy atom. The summed E-state index contributed by atoms with van der Waals surface area (Å²) in [6.45, 7) is 2.54. The second kappa shape index (κ2) is 5.45. The van der Waals surface area contributed by atoms with Crippen LogP contribution in [0.2, 0.25) is 0 Å². The highest BCUT2D eigenvalue weighted by Gasteiger charge is 2.08. The molecular weight excluding hydrogens is 212 g/mol. The van der Waals surface area contributed by atoms with Crippen LogP contribution in [0.5, 0.6) is 0 Å². The molecule has 0 aromatic carbocycles. The quantitative estimate of drug-likeness (QED) is 0.697. The summed E-state index contributed by atoms with van der Waals surface area (Å²) in [5.41, 5.74) is 5.26. The predicted molar refractivity (Wildman–Crippen MR) is 61.2 cm³/mol. The Morgan fingerprint density at radius 2 is 2.47 bits per heavy atom. The molecule has 0 saturated heterocycles. The lowest BCUT2D eigenvalue weighted by Crippen LogP contribution is -2.37. The van der Waals surface area contributed by atoms with Crippen molar-refractivity contribution in [2.75, 3.05) is 0 Å². The highest BCUT2D eigenvalue weighted by atomic mass is 32.1. The van der Waals surface area contributed by atoms with Crippen molar-refractivity contribution in [1.82, 2.24) is 15.1 Å². The zero-order valence-corrected chi connectivity index (χ0v) is 9.33. The van der Waals surface area contributed by atoms with Gasteiger partial charge in [0.1, 0.15) is 0 Å². The molecule has 0 fully saturated rings. The summed E-state index contributed by atoms with van der Waals surface area (Å²) in [5.74, 6) is -0.151. The summed E-state index contributed by atoms with van der Waals surface area (Å²) < 4.78 is 1.76. The van der Waals surface area contributed by atoms with Gasteiger partial charge >= 0.3 is 0 Å². The smallest absolute Gasteiger partial charge is 0.227 e. The van der Waals surface area contributed by atoms with Gasteiger partial charge in [-0.3, -0.25) is 9.48 Å². The van der Waals surface area contributed by atoms with Gasteiger partial charge < -0.3 is 11.1 Å². The molecule has 6 heteroatoms.